The Kier molecular flexibility index (Phi) is 2.69. The molecular weight excluding hydrogens is 155 g/mol. The van der Waals surface area contributed by atoms with Crippen molar-refractivity contribution in [2.24, 2.45) is 0 Å². The Bertz CT molecular complexity index is 256. The highest BCUT2D eigenvalue weighted by atomic mass is 19.1. The van der Waals surface area contributed by atoms with E-state index in [9.17, 15) is 4.39 Å². The lowest BCUT2D eigenvalue weighted by Crippen LogP contribution is -1.94. The lowest BCUT2D eigenvalue weighted by atomic mass is 10.1. The van der Waals surface area contributed by atoms with Gasteiger partial charge in [0.2, 0.25) is 0 Å². The van der Waals surface area contributed by atoms with Gasteiger partial charge in [0.25, 0.3) is 0 Å². The summed E-state index contributed by atoms with van der Waals surface area (Å²) >= 11 is 0. The minimum atomic E-state index is -0.231. The van der Waals surface area contributed by atoms with E-state index in [0.29, 0.717) is 17.7 Å². The summed E-state index contributed by atoms with van der Waals surface area (Å²) in [4.78, 5) is 0. The third-order valence-electron chi connectivity index (χ3n) is 1.86. The van der Waals surface area contributed by atoms with Crippen LogP contribution in [0, 0.1) is 12.7 Å². The maximum absolute atomic E-state index is 13.3. The van der Waals surface area contributed by atoms with Crippen LogP contribution in [0.15, 0.2) is 12.1 Å². The average molecular weight is 168 g/mol. The molecule has 0 bridgehead atoms. The van der Waals surface area contributed by atoms with Gasteiger partial charge in [0, 0.05) is 0 Å². The second kappa shape index (κ2) is 3.57. The molecule has 0 fully saturated rings. The second-order valence-electron chi connectivity index (χ2n) is 2.79. The maximum Gasteiger partial charge on any atom is 0.168 e. The Morgan fingerprint density at radius 1 is 1.42 bits per heavy atom. The first-order valence-electron chi connectivity index (χ1n) is 4.02. The molecule has 2 heteroatoms. The zero-order chi connectivity index (χ0) is 9.14. The molecule has 1 aromatic rings. The molecule has 0 aliphatic carbocycles. The van der Waals surface area contributed by atoms with Gasteiger partial charge in [0.05, 0.1) is 7.11 Å². The smallest absolute Gasteiger partial charge is 0.168 e. The zero-order valence-electron chi connectivity index (χ0n) is 7.65. The molecule has 0 aliphatic heterocycles. The maximum atomic E-state index is 13.3. The summed E-state index contributed by atoms with van der Waals surface area (Å²) in [6.07, 6.45) is 0.698. The fourth-order valence-corrected chi connectivity index (χ4v) is 1.21. The van der Waals surface area contributed by atoms with Gasteiger partial charge in [0.1, 0.15) is 0 Å². The molecule has 0 heterocycles. The number of halogens is 1. The molecule has 0 radical (unpaired) electrons. The van der Waals surface area contributed by atoms with Crippen molar-refractivity contribution in [3.63, 3.8) is 0 Å². The fraction of sp³-hybridized carbons (Fsp3) is 0.400. The number of benzene rings is 1. The largest absolute Gasteiger partial charge is 0.494 e. The van der Waals surface area contributed by atoms with Crippen LogP contribution in [-0.2, 0) is 6.42 Å². The van der Waals surface area contributed by atoms with Gasteiger partial charge in [-0.05, 0) is 30.5 Å². The molecule has 0 atom stereocenters. The minimum absolute atomic E-state index is 0.231. The van der Waals surface area contributed by atoms with Crippen molar-refractivity contribution in [1.29, 1.82) is 0 Å². The van der Waals surface area contributed by atoms with Crippen LogP contribution in [-0.4, -0.2) is 7.11 Å². The highest BCUT2D eigenvalue weighted by Crippen LogP contribution is 2.22. The van der Waals surface area contributed by atoms with Crippen LogP contribution in [0.1, 0.15) is 18.1 Å². The molecule has 0 unspecified atom stereocenters. The summed E-state index contributed by atoms with van der Waals surface area (Å²) in [5.41, 5.74) is 1.75. The summed E-state index contributed by atoms with van der Waals surface area (Å²) in [7, 11) is 1.48. The normalized spacial score (nSPS) is 10.0. The minimum Gasteiger partial charge on any atom is -0.494 e. The second-order valence-corrected chi connectivity index (χ2v) is 2.79. The highest BCUT2D eigenvalue weighted by Gasteiger charge is 2.07. The lowest BCUT2D eigenvalue weighted by Gasteiger charge is -2.06. The van der Waals surface area contributed by atoms with Gasteiger partial charge in [-0.2, -0.15) is 0 Å². The van der Waals surface area contributed by atoms with Crippen molar-refractivity contribution in [2.45, 2.75) is 20.3 Å². The first-order chi connectivity index (χ1) is 5.69. The van der Waals surface area contributed by atoms with Crippen molar-refractivity contribution >= 4 is 0 Å². The predicted octanol–water partition coefficient (Wildman–Crippen LogP) is 2.71. The monoisotopic (exact) mass is 168 g/mol. The molecule has 66 valence electrons. The Morgan fingerprint density at radius 3 is 2.58 bits per heavy atom. The molecule has 0 saturated carbocycles. The van der Waals surface area contributed by atoms with E-state index >= 15 is 0 Å². The van der Waals surface area contributed by atoms with E-state index < -0.39 is 0 Å². The lowest BCUT2D eigenvalue weighted by molar-refractivity contribution is 0.384. The van der Waals surface area contributed by atoms with Crippen molar-refractivity contribution < 1.29 is 9.13 Å². The third-order valence-corrected chi connectivity index (χ3v) is 1.86. The van der Waals surface area contributed by atoms with Crippen LogP contribution in [0.5, 0.6) is 5.75 Å². The molecule has 1 nitrogen and oxygen atoms in total. The fourth-order valence-electron chi connectivity index (χ4n) is 1.21. The van der Waals surface area contributed by atoms with Crippen molar-refractivity contribution in [1.82, 2.24) is 0 Å². The van der Waals surface area contributed by atoms with E-state index in [4.69, 9.17) is 4.74 Å². The molecule has 12 heavy (non-hydrogen) atoms. The third kappa shape index (κ3) is 1.58. The molecule has 1 aromatic carbocycles. The summed E-state index contributed by atoms with van der Waals surface area (Å²) in [6, 6.07) is 3.55. The number of hydrogen-bond donors (Lipinski definition) is 0. The SMILES string of the molecule is CCc1cc(C)cc(OC)c1F. The summed E-state index contributed by atoms with van der Waals surface area (Å²) in [6.45, 7) is 3.86. The molecule has 0 spiro atoms. The Hall–Kier alpha value is -1.05. The van der Waals surface area contributed by atoms with Gasteiger partial charge in [0.15, 0.2) is 11.6 Å². The number of aryl methyl sites for hydroxylation is 2. The van der Waals surface area contributed by atoms with Gasteiger partial charge >= 0.3 is 0 Å². The Morgan fingerprint density at radius 2 is 2.08 bits per heavy atom. The first-order valence-corrected chi connectivity index (χ1v) is 4.02. The molecule has 1 rings (SSSR count). The zero-order valence-corrected chi connectivity index (χ0v) is 7.65. The van der Waals surface area contributed by atoms with Crippen molar-refractivity contribution in [2.75, 3.05) is 7.11 Å². The molecule has 0 saturated heterocycles. The molecule has 0 amide bonds. The quantitative estimate of drug-likeness (QED) is 0.659. The predicted molar refractivity (Wildman–Crippen MR) is 47.1 cm³/mol. The van der Waals surface area contributed by atoms with Gasteiger partial charge in [-0.1, -0.05) is 13.0 Å². The van der Waals surface area contributed by atoms with E-state index in [-0.39, 0.29) is 5.82 Å². The van der Waals surface area contributed by atoms with E-state index in [1.165, 1.54) is 7.11 Å². The molecular formula is C10H13FO. The summed E-state index contributed by atoms with van der Waals surface area (Å²) < 4.78 is 18.2. The van der Waals surface area contributed by atoms with E-state index in [0.717, 1.165) is 5.56 Å². The summed E-state index contributed by atoms with van der Waals surface area (Å²) in [5, 5.41) is 0. The van der Waals surface area contributed by atoms with Crippen LogP contribution in [0.4, 0.5) is 4.39 Å². The Balaban J connectivity index is 3.22. The summed E-state index contributed by atoms with van der Waals surface area (Å²) in [5.74, 6) is 0.109. The van der Waals surface area contributed by atoms with Crippen LogP contribution in [0.2, 0.25) is 0 Å². The topological polar surface area (TPSA) is 9.23 Å². The number of hydrogen-bond acceptors (Lipinski definition) is 1. The molecule has 0 aromatic heterocycles. The number of methoxy groups -OCH3 is 1. The van der Waals surface area contributed by atoms with Gasteiger partial charge in [-0.25, -0.2) is 4.39 Å². The van der Waals surface area contributed by atoms with Gasteiger partial charge in [-0.3, -0.25) is 0 Å². The van der Waals surface area contributed by atoms with Crippen LogP contribution < -0.4 is 4.74 Å². The van der Waals surface area contributed by atoms with Crippen molar-refractivity contribution in [3.05, 3.63) is 29.1 Å². The van der Waals surface area contributed by atoms with Crippen molar-refractivity contribution in [3.8, 4) is 5.75 Å². The van der Waals surface area contributed by atoms with E-state index in [2.05, 4.69) is 0 Å². The average Bonchev–Trinajstić information content (AvgIpc) is 2.08. The molecule has 0 aliphatic rings. The molecule has 0 N–H and O–H groups in total. The highest BCUT2D eigenvalue weighted by molar-refractivity contribution is 5.35. The van der Waals surface area contributed by atoms with E-state index in [1.54, 1.807) is 6.07 Å². The first kappa shape index (κ1) is 9.04. The van der Waals surface area contributed by atoms with Gasteiger partial charge < -0.3 is 4.74 Å². The number of ether oxygens (including phenoxy) is 1. The number of rotatable bonds is 2. The standard InChI is InChI=1S/C10H13FO/c1-4-8-5-7(2)6-9(12-3)10(8)11/h5-6H,4H2,1-3H3. The van der Waals surface area contributed by atoms with Crippen LogP contribution in [0.25, 0.3) is 0 Å². The van der Waals surface area contributed by atoms with Crippen LogP contribution in [0.3, 0.4) is 0 Å². The van der Waals surface area contributed by atoms with Crippen LogP contribution >= 0.6 is 0 Å². The van der Waals surface area contributed by atoms with E-state index in [1.807, 2.05) is 19.9 Å². The Labute approximate surface area is 72.2 Å². The van der Waals surface area contributed by atoms with Gasteiger partial charge in [-0.15, -0.1) is 0 Å².